The van der Waals surface area contributed by atoms with Gasteiger partial charge in [-0.3, -0.25) is 0 Å². The summed E-state index contributed by atoms with van der Waals surface area (Å²) in [6.07, 6.45) is 2.98. The molecule has 0 amide bonds. The van der Waals surface area contributed by atoms with E-state index in [1.807, 2.05) is 36.4 Å². The Labute approximate surface area is 192 Å². The highest BCUT2D eigenvalue weighted by Crippen LogP contribution is 2.36. The molecule has 0 bridgehead atoms. The highest BCUT2D eigenvalue weighted by Gasteiger charge is 2.19. The lowest BCUT2D eigenvalue weighted by atomic mass is 9.86. The first-order chi connectivity index (χ1) is 15.9. The molecule has 5 aromatic rings. The summed E-state index contributed by atoms with van der Waals surface area (Å²) in [6.45, 7) is 6.61. The second-order valence-electron chi connectivity index (χ2n) is 9.09. The van der Waals surface area contributed by atoms with Crippen LogP contribution in [-0.4, -0.2) is 14.5 Å². The third-order valence-corrected chi connectivity index (χ3v) is 5.94. The van der Waals surface area contributed by atoms with Crippen LogP contribution in [0.3, 0.4) is 0 Å². The number of aromatic nitrogens is 3. The SMILES string of the molecule is CC(C)(C)c1ccc2c3ccccc3n(-c3ccc(-c4ncc(C#N)cn4)cc3C#N)c2c1. The first kappa shape index (κ1) is 20.4. The molecule has 0 unspecified atom stereocenters. The molecule has 0 aliphatic carbocycles. The Bertz CT molecular complexity index is 1600. The van der Waals surface area contributed by atoms with E-state index in [1.54, 1.807) is 0 Å². The van der Waals surface area contributed by atoms with Crippen LogP contribution >= 0.6 is 0 Å². The zero-order chi connectivity index (χ0) is 23.2. The van der Waals surface area contributed by atoms with Crippen molar-refractivity contribution in [2.45, 2.75) is 26.2 Å². The van der Waals surface area contributed by atoms with Crippen LogP contribution in [0.2, 0.25) is 0 Å². The minimum atomic E-state index is 0.00428. The summed E-state index contributed by atoms with van der Waals surface area (Å²) in [4.78, 5) is 8.55. The molecule has 0 saturated carbocycles. The molecule has 5 rings (SSSR count). The van der Waals surface area contributed by atoms with Crippen molar-refractivity contribution in [1.29, 1.82) is 10.5 Å². The number of hydrogen-bond acceptors (Lipinski definition) is 4. The summed E-state index contributed by atoms with van der Waals surface area (Å²) in [7, 11) is 0. The Morgan fingerprint density at radius 3 is 2.21 bits per heavy atom. The monoisotopic (exact) mass is 427 g/mol. The van der Waals surface area contributed by atoms with E-state index in [1.165, 1.54) is 18.0 Å². The Morgan fingerprint density at radius 1 is 0.788 bits per heavy atom. The molecule has 0 aliphatic rings. The summed E-state index contributed by atoms with van der Waals surface area (Å²) in [5.41, 5.74) is 5.84. The van der Waals surface area contributed by atoms with Crippen molar-refractivity contribution in [3.63, 3.8) is 0 Å². The fourth-order valence-electron chi connectivity index (χ4n) is 4.19. The van der Waals surface area contributed by atoms with E-state index in [0.717, 1.165) is 33.1 Å². The maximum atomic E-state index is 10.1. The van der Waals surface area contributed by atoms with Gasteiger partial charge in [-0.05, 0) is 41.3 Å². The molecular formula is C28H21N5. The zero-order valence-corrected chi connectivity index (χ0v) is 18.7. The highest BCUT2D eigenvalue weighted by atomic mass is 15.0. The van der Waals surface area contributed by atoms with Gasteiger partial charge in [-0.2, -0.15) is 10.5 Å². The number of nitriles is 2. The standard InChI is InChI=1S/C28H21N5/c1-28(2,3)21-9-10-23-22-6-4-5-7-25(22)33(26(23)13-21)24-11-8-19(12-20(24)15-30)27-31-16-18(14-29)17-32-27/h4-13,16-17H,1-3H3. The molecule has 0 saturated heterocycles. The average Bonchev–Trinajstić information content (AvgIpc) is 3.17. The van der Waals surface area contributed by atoms with Gasteiger partial charge in [0.25, 0.3) is 0 Å². The van der Waals surface area contributed by atoms with Gasteiger partial charge in [-0.15, -0.1) is 0 Å². The minimum absolute atomic E-state index is 0.00428. The number of hydrogen-bond donors (Lipinski definition) is 0. The average molecular weight is 428 g/mol. The third kappa shape index (κ3) is 3.41. The largest absolute Gasteiger partial charge is 0.308 e. The highest BCUT2D eigenvalue weighted by molar-refractivity contribution is 6.09. The fourth-order valence-corrected chi connectivity index (χ4v) is 4.19. The van der Waals surface area contributed by atoms with E-state index in [0.29, 0.717) is 17.0 Å². The number of benzene rings is 3. The van der Waals surface area contributed by atoms with Gasteiger partial charge in [0.15, 0.2) is 5.82 Å². The fraction of sp³-hybridized carbons (Fsp3) is 0.143. The Balaban J connectivity index is 1.77. The molecule has 0 radical (unpaired) electrons. The third-order valence-electron chi connectivity index (χ3n) is 5.94. The van der Waals surface area contributed by atoms with Crippen molar-refractivity contribution in [2.75, 3.05) is 0 Å². The van der Waals surface area contributed by atoms with Gasteiger partial charge in [-0.1, -0.05) is 51.1 Å². The quantitative estimate of drug-likeness (QED) is 0.332. The number of nitrogens with zero attached hydrogens (tertiary/aromatic N) is 5. The van der Waals surface area contributed by atoms with Crippen LogP contribution < -0.4 is 0 Å². The first-order valence-corrected chi connectivity index (χ1v) is 10.7. The summed E-state index contributed by atoms with van der Waals surface area (Å²) in [5.74, 6) is 0.481. The van der Waals surface area contributed by atoms with Crippen molar-refractivity contribution >= 4 is 21.8 Å². The van der Waals surface area contributed by atoms with Crippen molar-refractivity contribution in [2.24, 2.45) is 0 Å². The normalized spacial score (nSPS) is 11.4. The molecule has 0 N–H and O–H groups in total. The molecule has 5 nitrogen and oxygen atoms in total. The van der Waals surface area contributed by atoms with E-state index in [4.69, 9.17) is 5.26 Å². The van der Waals surface area contributed by atoms with Crippen LogP contribution in [0, 0.1) is 22.7 Å². The molecule has 0 spiro atoms. The number of para-hydroxylation sites is 1. The lowest BCUT2D eigenvalue weighted by Gasteiger charge is -2.19. The molecule has 0 aliphatic heterocycles. The molecule has 2 aromatic heterocycles. The smallest absolute Gasteiger partial charge is 0.159 e. The maximum absolute atomic E-state index is 10.1. The molecule has 0 fully saturated rings. The Kier molecular flexibility index (Phi) is 4.69. The van der Waals surface area contributed by atoms with E-state index in [-0.39, 0.29) is 5.41 Å². The Hall–Kier alpha value is -4.48. The minimum Gasteiger partial charge on any atom is -0.308 e. The second-order valence-corrected chi connectivity index (χ2v) is 9.09. The molecule has 0 atom stereocenters. The van der Waals surface area contributed by atoms with Crippen molar-refractivity contribution in [3.05, 3.63) is 89.7 Å². The summed E-state index contributed by atoms with van der Waals surface area (Å²) < 4.78 is 2.17. The van der Waals surface area contributed by atoms with E-state index in [9.17, 15) is 5.26 Å². The van der Waals surface area contributed by atoms with Crippen LogP contribution in [0.25, 0.3) is 38.9 Å². The first-order valence-electron chi connectivity index (χ1n) is 10.7. The van der Waals surface area contributed by atoms with E-state index in [2.05, 4.69) is 71.7 Å². The molecule has 2 heterocycles. The van der Waals surface area contributed by atoms with Gasteiger partial charge < -0.3 is 4.57 Å². The van der Waals surface area contributed by atoms with Crippen molar-refractivity contribution in [1.82, 2.24) is 14.5 Å². The van der Waals surface area contributed by atoms with E-state index >= 15 is 0 Å². The molecule has 33 heavy (non-hydrogen) atoms. The van der Waals surface area contributed by atoms with Crippen LogP contribution in [0.1, 0.15) is 37.5 Å². The molecule has 5 heteroatoms. The van der Waals surface area contributed by atoms with Gasteiger partial charge in [0, 0.05) is 28.7 Å². The van der Waals surface area contributed by atoms with Gasteiger partial charge in [0.2, 0.25) is 0 Å². The predicted molar refractivity (Wildman–Crippen MR) is 130 cm³/mol. The second kappa shape index (κ2) is 7.58. The summed E-state index contributed by atoms with van der Waals surface area (Å²) in [6, 6.07) is 24.9. The lowest BCUT2D eigenvalue weighted by Crippen LogP contribution is -2.11. The van der Waals surface area contributed by atoms with Crippen LogP contribution in [0.5, 0.6) is 0 Å². The topological polar surface area (TPSA) is 78.3 Å². The maximum Gasteiger partial charge on any atom is 0.159 e. The predicted octanol–water partition coefficient (Wildman–Crippen LogP) is 6.28. The van der Waals surface area contributed by atoms with Gasteiger partial charge in [0.1, 0.15) is 12.1 Å². The lowest BCUT2D eigenvalue weighted by molar-refractivity contribution is 0.591. The summed E-state index contributed by atoms with van der Waals surface area (Å²) >= 11 is 0. The van der Waals surface area contributed by atoms with Crippen molar-refractivity contribution in [3.8, 4) is 29.2 Å². The molecule has 158 valence electrons. The van der Waals surface area contributed by atoms with Gasteiger partial charge in [-0.25, -0.2) is 9.97 Å². The molecule has 3 aromatic carbocycles. The summed E-state index contributed by atoms with van der Waals surface area (Å²) in [5, 5.41) is 21.3. The van der Waals surface area contributed by atoms with Crippen LogP contribution in [-0.2, 0) is 5.41 Å². The zero-order valence-electron chi connectivity index (χ0n) is 18.7. The van der Waals surface area contributed by atoms with Crippen LogP contribution in [0.15, 0.2) is 73.1 Å². The van der Waals surface area contributed by atoms with Gasteiger partial charge in [0.05, 0.1) is 27.8 Å². The van der Waals surface area contributed by atoms with E-state index < -0.39 is 0 Å². The van der Waals surface area contributed by atoms with Gasteiger partial charge >= 0.3 is 0 Å². The van der Waals surface area contributed by atoms with Crippen molar-refractivity contribution < 1.29 is 0 Å². The number of rotatable bonds is 2. The number of fused-ring (bicyclic) bond motifs is 3. The Morgan fingerprint density at radius 2 is 1.52 bits per heavy atom. The molecular weight excluding hydrogens is 406 g/mol. The van der Waals surface area contributed by atoms with Crippen LogP contribution in [0.4, 0.5) is 0 Å².